The van der Waals surface area contributed by atoms with Crippen LogP contribution in [0.5, 0.6) is 0 Å². The summed E-state index contributed by atoms with van der Waals surface area (Å²) in [5.74, 6) is 0. The van der Waals surface area contributed by atoms with Gasteiger partial charge in [-0.2, -0.15) is 0 Å². The quantitative estimate of drug-likeness (QED) is 0.176. The Morgan fingerprint density at radius 2 is 0.732 bits per heavy atom. The molecule has 7 aromatic rings. The van der Waals surface area contributed by atoms with Crippen molar-refractivity contribution in [3.05, 3.63) is 156 Å². The van der Waals surface area contributed by atoms with Crippen LogP contribution in [0.4, 0.5) is 32.8 Å². The van der Waals surface area contributed by atoms with Crippen LogP contribution in [-0.4, -0.2) is 0 Å². The molecule has 0 aliphatic heterocycles. The van der Waals surface area contributed by atoms with Gasteiger partial charge in [0.25, 0.3) is 0 Å². The van der Waals surface area contributed by atoms with E-state index >= 15 is 0 Å². The minimum Gasteiger partial charge on any atom is -0.302 e. The van der Waals surface area contributed by atoms with Crippen molar-refractivity contribution >= 4 is 66.8 Å². The van der Waals surface area contributed by atoms with E-state index in [2.05, 4.69) is 166 Å². The normalized spacial score (nSPS) is 10.9. The topological polar surface area (TPSA) is 6.48 Å². The van der Waals surface area contributed by atoms with Crippen LogP contribution in [0, 0.1) is 0 Å². The van der Waals surface area contributed by atoms with Crippen molar-refractivity contribution in [3.63, 3.8) is 0 Å². The van der Waals surface area contributed by atoms with E-state index in [9.17, 15) is 0 Å². The van der Waals surface area contributed by atoms with Gasteiger partial charge in [-0.3, -0.25) is 0 Å². The lowest BCUT2D eigenvalue weighted by molar-refractivity contribution is 1.31. The van der Waals surface area contributed by atoms with Crippen LogP contribution < -0.4 is 9.80 Å². The lowest BCUT2D eigenvalue weighted by Crippen LogP contribution is -2.09. The van der Waals surface area contributed by atoms with E-state index in [0.717, 1.165) is 32.8 Å². The average Bonchev–Trinajstić information content (AvgIpc) is 3.84. The van der Waals surface area contributed by atoms with Crippen LogP contribution in [0.3, 0.4) is 0 Å². The third-order valence-corrected chi connectivity index (χ3v) is 9.80. The molecule has 3 heterocycles. The van der Waals surface area contributed by atoms with Crippen LogP contribution in [0.2, 0.25) is 0 Å². The van der Waals surface area contributed by atoms with Crippen molar-refractivity contribution in [2.45, 2.75) is 0 Å². The maximum absolute atomic E-state index is 2.34. The molecule has 41 heavy (non-hydrogen) atoms. The maximum atomic E-state index is 2.34. The molecule has 0 saturated carbocycles. The van der Waals surface area contributed by atoms with Gasteiger partial charge >= 0.3 is 0 Å². The second-order valence-corrected chi connectivity index (χ2v) is 12.4. The van der Waals surface area contributed by atoms with Crippen LogP contribution in [0.25, 0.3) is 20.9 Å². The summed E-state index contributed by atoms with van der Waals surface area (Å²) in [7, 11) is 0. The molecule has 0 amide bonds. The van der Waals surface area contributed by atoms with Crippen molar-refractivity contribution in [1.29, 1.82) is 0 Å². The highest BCUT2D eigenvalue weighted by Gasteiger charge is 2.19. The number of benzene rings is 4. The molecule has 0 radical (unpaired) electrons. The molecule has 0 N–H and O–H groups in total. The van der Waals surface area contributed by atoms with Crippen LogP contribution in [0.15, 0.2) is 156 Å². The summed E-state index contributed by atoms with van der Waals surface area (Å²) in [5, 5.41) is 6.57. The molecular weight excluding hydrogens is 557 g/mol. The highest BCUT2D eigenvalue weighted by Crippen LogP contribution is 2.46. The molecule has 4 aromatic carbocycles. The van der Waals surface area contributed by atoms with Crippen molar-refractivity contribution in [3.8, 4) is 20.9 Å². The first-order valence-corrected chi connectivity index (χ1v) is 16.0. The first kappa shape index (κ1) is 25.5. The monoisotopic (exact) mass is 582 g/mol. The van der Waals surface area contributed by atoms with Gasteiger partial charge in [-0.05, 0) is 94.7 Å². The Balaban J connectivity index is 1.28. The number of thiophene rings is 3. The molecule has 2 nitrogen and oxygen atoms in total. The van der Waals surface area contributed by atoms with Crippen molar-refractivity contribution in [2.75, 3.05) is 9.80 Å². The molecule has 0 spiro atoms. The highest BCUT2D eigenvalue weighted by molar-refractivity contribution is 7.20. The van der Waals surface area contributed by atoms with Gasteiger partial charge in [0, 0.05) is 32.5 Å². The van der Waals surface area contributed by atoms with E-state index in [-0.39, 0.29) is 0 Å². The molecule has 0 fully saturated rings. The number of anilines is 6. The summed E-state index contributed by atoms with van der Waals surface area (Å²) >= 11 is 5.33. The lowest BCUT2D eigenvalue weighted by atomic mass is 10.1. The van der Waals surface area contributed by atoms with E-state index in [4.69, 9.17) is 0 Å². The van der Waals surface area contributed by atoms with Gasteiger partial charge in [-0.15, -0.1) is 22.7 Å². The number of rotatable bonds is 8. The fraction of sp³-hybridized carbons (Fsp3) is 0. The Morgan fingerprint density at radius 1 is 0.341 bits per heavy atom. The molecule has 0 bridgehead atoms. The number of hydrogen-bond acceptors (Lipinski definition) is 5. The highest BCUT2D eigenvalue weighted by atomic mass is 32.1. The number of hydrogen-bond donors (Lipinski definition) is 0. The second kappa shape index (κ2) is 11.6. The van der Waals surface area contributed by atoms with Crippen molar-refractivity contribution < 1.29 is 0 Å². The zero-order chi connectivity index (χ0) is 27.4. The predicted molar refractivity (Wildman–Crippen MR) is 180 cm³/mol. The predicted octanol–water partition coefficient (Wildman–Crippen LogP) is 12.1. The number of para-hydroxylation sites is 2. The third-order valence-electron chi connectivity index (χ3n) is 6.91. The summed E-state index contributed by atoms with van der Waals surface area (Å²) in [6, 6.07) is 52.0. The van der Waals surface area contributed by atoms with E-state index in [1.54, 1.807) is 34.0 Å². The molecular formula is C36H26N2S3. The van der Waals surface area contributed by atoms with Gasteiger partial charge in [0.15, 0.2) is 0 Å². The summed E-state index contributed by atoms with van der Waals surface area (Å²) in [5.41, 5.74) is 7.02. The summed E-state index contributed by atoms with van der Waals surface area (Å²) in [4.78, 5) is 7.25. The molecule has 3 aromatic heterocycles. The lowest BCUT2D eigenvalue weighted by Gasteiger charge is -2.25. The third kappa shape index (κ3) is 5.35. The first-order chi connectivity index (χ1) is 20.3. The Hall–Kier alpha value is -4.42. The van der Waals surface area contributed by atoms with E-state index in [1.165, 1.54) is 20.9 Å². The van der Waals surface area contributed by atoms with E-state index < -0.39 is 0 Å². The molecule has 0 saturated heterocycles. The minimum absolute atomic E-state index is 1.14. The average molecular weight is 583 g/mol. The molecule has 0 aliphatic rings. The van der Waals surface area contributed by atoms with Gasteiger partial charge < -0.3 is 9.80 Å². The van der Waals surface area contributed by atoms with Crippen LogP contribution in [-0.2, 0) is 0 Å². The molecule has 5 heteroatoms. The Bertz CT molecular complexity index is 1670. The Labute approximate surface area is 252 Å². The van der Waals surface area contributed by atoms with Gasteiger partial charge in [0.2, 0.25) is 0 Å². The number of nitrogens with zero attached hydrogens (tertiary/aromatic N) is 2. The van der Waals surface area contributed by atoms with Gasteiger partial charge in [-0.25, -0.2) is 0 Å². The second-order valence-electron chi connectivity index (χ2n) is 9.50. The largest absolute Gasteiger partial charge is 0.302 e. The summed E-state index contributed by atoms with van der Waals surface area (Å²) < 4.78 is 0. The van der Waals surface area contributed by atoms with Crippen LogP contribution >= 0.6 is 34.0 Å². The maximum Gasteiger partial charge on any atom is 0.102 e. The fourth-order valence-electron chi connectivity index (χ4n) is 4.95. The summed E-state index contributed by atoms with van der Waals surface area (Å²) in [6.07, 6.45) is 0. The SMILES string of the molecule is c1ccc(N(c2ccc(-c3cccs3)cc2)c2ccc(N(c3ccccc3)c3ccc(-c4cccs4)cc3)s2)cc1. The summed E-state index contributed by atoms with van der Waals surface area (Å²) in [6.45, 7) is 0. The fourth-order valence-corrected chi connectivity index (χ4v) is 7.51. The first-order valence-electron chi connectivity index (χ1n) is 13.4. The zero-order valence-corrected chi connectivity index (χ0v) is 24.6. The smallest absolute Gasteiger partial charge is 0.102 e. The standard InChI is InChI=1S/C36H26N2S3/c1-3-9-29(10-4-1)37(31-19-15-27(16-20-31)33-13-7-25-39-33)35-23-24-36(41-35)38(30-11-5-2-6-12-30)32-21-17-28(18-22-32)34-14-8-26-40-34/h1-26H. The molecule has 198 valence electrons. The van der Waals surface area contributed by atoms with E-state index in [1.807, 2.05) is 0 Å². The van der Waals surface area contributed by atoms with Crippen LogP contribution in [0.1, 0.15) is 0 Å². The van der Waals surface area contributed by atoms with Crippen molar-refractivity contribution in [2.24, 2.45) is 0 Å². The Morgan fingerprint density at radius 3 is 1.10 bits per heavy atom. The molecule has 0 unspecified atom stereocenters. The molecule has 0 aliphatic carbocycles. The van der Waals surface area contributed by atoms with Gasteiger partial charge in [0.05, 0.1) is 0 Å². The minimum atomic E-state index is 1.14. The molecule has 7 rings (SSSR count). The zero-order valence-electron chi connectivity index (χ0n) is 22.1. The van der Waals surface area contributed by atoms with Crippen molar-refractivity contribution in [1.82, 2.24) is 0 Å². The van der Waals surface area contributed by atoms with Gasteiger partial charge in [0.1, 0.15) is 10.0 Å². The molecule has 0 atom stereocenters. The van der Waals surface area contributed by atoms with Gasteiger partial charge in [-0.1, -0.05) is 84.1 Å². The van der Waals surface area contributed by atoms with E-state index in [0.29, 0.717) is 0 Å². The Kier molecular flexibility index (Phi) is 7.22.